The molecule has 1 rings (SSSR count). The molecule has 0 saturated heterocycles. The van der Waals surface area contributed by atoms with E-state index >= 15 is 0 Å². The first kappa shape index (κ1) is 7.63. The fraction of sp³-hybridized carbons (Fsp3) is 0. The van der Waals surface area contributed by atoms with Gasteiger partial charge in [0.25, 0.3) is 0 Å². The largest absolute Gasteiger partial charge is 0.291 e. The number of carbonyl (C=O) groups excluding carboxylic acids is 1. The average molecular weight is 175 g/mol. The first-order chi connectivity index (χ1) is 4.84. The Labute approximate surface area is 66.9 Å². The van der Waals surface area contributed by atoms with Crippen molar-refractivity contribution in [2.24, 2.45) is 0 Å². The van der Waals surface area contributed by atoms with E-state index in [1.807, 2.05) is 30.3 Å². The zero-order valence-electron chi connectivity index (χ0n) is 5.20. The SMILES string of the molecule is O=C[SH](Cl)c1ccccc1. The smallest absolute Gasteiger partial charge is 0.173 e. The van der Waals surface area contributed by atoms with Crippen molar-refractivity contribution in [3.8, 4) is 0 Å². The molecule has 1 unspecified atom stereocenters. The minimum absolute atomic E-state index is 0.784. The van der Waals surface area contributed by atoms with E-state index in [4.69, 9.17) is 10.7 Å². The quantitative estimate of drug-likeness (QED) is 0.538. The Morgan fingerprint density at radius 1 is 1.30 bits per heavy atom. The zero-order valence-corrected chi connectivity index (χ0v) is 6.85. The van der Waals surface area contributed by atoms with Crippen molar-refractivity contribution < 1.29 is 4.79 Å². The molecule has 0 fully saturated rings. The zero-order chi connectivity index (χ0) is 7.40. The van der Waals surface area contributed by atoms with E-state index in [9.17, 15) is 4.79 Å². The van der Waals surface area contributed by atoms with Crippen molar-refractivity contribution in [2.45, 2.75) is 4.90 Å². The minimum atomic E-state index is -1.08. The Kier molecular flexibility index (Phi) is 2.78. The van der Waals surface area contributed by atoms with Gasteiger partial charge in [0.1, 0.15) is 0 Å². The van der Waals surface area contributed by atoms with Crippen LogP contribution < -0.4 is 0 Å². The van der Waals surface area contributed by atoms with Gasteiger partial charge in [0.15, 0.2) is 5.62 Å². The molecule has 0 amide bonds. The van der Waals surface area contributed by atoms with Gasteiger partial charge >= 0.3 is 0 Å². The van der Waals surface area contributed by atoms with Gasteiger partial charge in [-0.1, -0.05) is 39.0 Å². The fourth-order valence-corrected chi connectivity index (χ4v) is 1.55. The third-order valence-corrected chi connectivity index (χ3v) is 2.90. The number of thiol groups is 1. The van der Waals surface area contributed by atoms with Gasteiger partial charge < -0.3 is 0 Å². The highest BCUT2D eigenvalue weighted by Gasteiger charge is 1.97. The van der Waals surface area contributed by atoms with Crippen molar-refractivity contribution in [2.75, 3.05) is 0 Å². The number of halogens is 1. The molecule has 0 heterocycles. The van der Waals surface area contributed by atoms with Gasteiger partial charge in [0.05, 0.1) is 0 Å². The summed E-state index contributed by atoms with van der Waals surface area (Å²) >= 11 is 0. The molecule has 0 aliphatic rings. The van der Waals surface area contributed by atoms with Crippen LogP contribution in [0.5, 0.6) is 0 Å². The summed E-state index contributed by atoms with van der Waals surface area (Å²) in [6, 6.07) is 9.35. The Balaban J connectivity index is 2.84. The molecule has 0 radical (unpaired) electrons. The molecule has 0 N–H and O–H groups in total. The fourth-order valence-electron chi connectivity index (χ4n) is 0.631. The molecule has 0 aromatic heterocycles. The van der Waals surface area contributed by atoms with Crippen LogP contribution >= 0.6 is 20.8 Å². The minimum Gasteiger partial charge on any atom is -0.291 e. The van der Waals surface area contributed by atoms with Gasteiger partial charge in [-0.05, 0) is 12.1 Å². The molecular weight excluding hydrogens is 168 g/mol. The highest BCUT2D eigenvalue weighted by molar-refractivity contribution is 8.45. The molecule has 0 aliphatic heterocycles. The third-order valence-electron chi connectivity index (χ3n) is 1.10. The maximum Gasteiger partial charge on any atom is 0.173 e. The second-order valence-corrected chi connectivity index (χ2v) is 4.19. The molecule has 1 aromatic carbocycles. The summed E-state index contributed by atoms with van der Waals surface area (Å²) in [6.45, 7) is 0. The van der Waals surface area contributed by atoms with Crippen molar-refractivity contribution in [1.82, 2.24) is 0 Å². The number of hydrogen-bond donors (Lipinski definition) is 1. The Bertz CT molecular complexity index is 212. The number of carbonyl (C=O) groups is 1. The van der Waals surface area contributed by atoms with Crippen LogP contribution in [0.4, 0.5) is 0 Å². The number of rotatable bonds is 2. The van der Waals surface area contributed by atoms with E-state index in [2.05, 4.69) is 0 Å². The molecule has 0 aliphatic carbocycles. The third kappa shape index (κ3) is 1.75. The summed E-state index contributed by atoms with van der Waals surface area (Å²) in [4.78, 5) is 11.1. The van der Waals surface area contributed by atoms with Crippen molar-refractivity contribution in [3.63, 3.8) is 0 Å². The lowest BCUT2D eigenvalue weighted by Gasteiger charge is -2.02. The molecule has 1 aromatic rings. The summed E-state index contributed by atoms with van der Waals surface area (Å²) in [5.74, 6) is 0. The van der Waals surface area contributed by atoms with Crippen LogP contribution in [0.2, 0.25) is 0 Å². The van der Waals surface area contributed by atoms with E-state index in [1.165, 1.54) is 0 Å². The molecule has 1 atom stereocenters. The van der Waals surface area contributed by atoms with E-state index in [-0.39, 0.29) is 0 Å². The van der Waals surface area contributed by atoms with Gasteiger partial charge in [-0.15, -0.1) is 0 Å². The van der Waals surface area contributed by atoms with Crippen LogP contribution in [0.1, 0.15) is 0 Å². The number of hydrogen-bond acceptors (Lipinski definition) is 1. The molecule has 10 heavy (non-hydrogen) atoms. The van der Waals surface area contributed by atoms with Crippen molar-refractivity contribution >= 4 is 26.4 Å². The Morgan fingerprint density at radius 2 is 1.90 bits per heavy atom. The summed E-state index contributed by atoms with van der Waals surface area (Å²) in [6.07, 6.45) is 0. The monoisotopic (exact) mass is 174 g/mol. The second kappa shape index (κ2) is 3.64. The van der Waals surface area contributed by atoms with Crippen LogP contribution in [0.15, 0.2) is 35.2 Å². The van der Waals surface area contributed by atoms with E-state index in [0.717, 1.165) is 10.5 Å². The highest BCUT2D eigenvalue weighted by Crippen LogP contribution is 2.36. The topological polar surface area (TPSA) is 17.1 Å². The summed E-state index contributed by atoms with van der Waals surface area (Å²) in [7, 11) is 4.61. The molecule has 1 nitrogen and oxygen atoms in total. The normalized spacial score (nSPS) is 14.3. The lowest BCUT2D eigenvalue weighted by Crippen LogP contribution is -1.73. The number of benzene rings is 1. The predicted octanol–water partition coefficient (Wildman–Crippen LogP) is 2.39. The van der Waals surface area contributed by atoms with Crippen LogP contribution in [0.25, 0.3) is 0 Å². The Morgan fingerprint density at radius 3 is 2.40 bits per heavy atom. The Hall–Kier alpha value is -0.470. The molecule has 0 saturated carbocycles. The predicted molar refractivity (Wildman–Crippen MR) is 46.3 cm³/mol. The van der Waals surface area contributed by atoms with Crippen molar-refractivity contribution in [3.05, 3.63) is 30.3 Å². The second-order valence-electron chi connectivity index (χ2n) is 1.75. The molecule has 54 valence electrons. The maximum absolute atomic E-state index is 10.2. The lowest BCUT2D eigenvalue weighted by molar-refractivity contribution is 0.570. The standard InChI is InChI=1S/C7H7ClOS/c8-10(6-9)7-4-2-1-3-5-7/h1-6,10H. The molecule has 3 heteroatoms. The molecule has 0 bridgehead atoms. The first-order valence-corrected chi connectivity index (χ1v) is 5.11. The van der Waals surface area contributed by atoms with Gasteiger partial charge in [-0.2, -0.15) is 0 Å². The maximum atomic E-state index is 10.2. The van der Waals surface area contributed by atoms with Gasteiger partial charge in [-0.25, -0.2) is 0 Å². The molecule has 0 spiro atoms. The van der Waals surface area contributed by atoms with E-state index < -0.39 is 10.1 Å². The van der Waals surface area contributed by atoms with Crippen LogP contribution in [0, 0.1) is 0 Å². The van der Waals surface area contributed by atoms with Crippen molar-refractivity contribution in [1.29, 1.82) is 0 Å². The summed E-state index contributed by atoms with van der Waals surface area (Å²) in [5.41, 5.74) is 0.784. The molecular formula is C7H7ClOS. The van der Waals surface area contributed by atoms with Gasteiger partial charge in [-0.3, -0.25) is 4.79 Å². The summed E-state index contributed by atoms with van der Waals surface area (Å²) in [5, 5.41) is 0. The highest BCUT2D eigenvalue weighted by atomic mass is 35.7. The van der Waals surface area contributed by atoms with Gasteiger partial charge in [0.2, 0.25) is 0 Å². The lowest BCUT2D eigenvalue weighted by atomic mass is 10.4. The van der Waals surface area contributed by atoms with Crippen LogP contribution in [-0.4, -0.2) is 5.62 Å². The summed E-state index contributed by atoms with van der Waals surface area (Å²) < 4.78 is 0. The van der Waals surface area contributed by atoms with Crippen LogP contribution in [-0.2, 0) is 4.79 Å². The first-order valence-electron chi connectivity index (χ1n) is 2.80. The van der Waals surface area contributed by atoms with Gasteiger partial charge in [0, 0.05) is 4.90 Å². The van der Waals surface area contributed by atoms with E-state index in [1.54, 1.807) is 0 Å². The van der Waals surface area contributed by atoms with E-state index in [0.29, 0.717) is 0 Å². The van der Waals surface area contributed by atoms with Crippen LogP contribution in [0.3, 0.4) is 0 Å². The average Bonchev–Trinajstić information content (AvgIpc) is 2.05.